The smallest absolute Gasteiger partial charge is 0.101 e. The number of nitrogen functional groups attached to an aromatic ring is 1. The van der Waals surface area contributed by atoms with Crippen LogP contribution in [0.5, 0.6) is 0 Å². The van der Waals surface area contributed by atoms with Gasteiger partial charge in [-0.1, -0.05) is 19.9 Å². The predicted octanol–water partition coefficient (Wildman–Crippen LogP) is 1.80. The highest BCUT2D eigenvalue weighted by atomic mass is 14.6. The molecule has 3 heteroatoms. The van der Waals surface area contributed by atoms with E-state index in [0.29, 0.717) is 17.2 Å². The number of anilines is 1. The Morgan fingerprint density at radius 1 is 1.36 bits per heavy atom. The topological polar surface area (TPSA) is 75.8 Å². The molecule has 0 aliphatic rings. The second-order valence-corrected chi connectivity index (χ2v) is 3.73. The third-order valence-electron chi connectivity index (χ3n) is 2.30. The first-order valence-electron chi connectivity index (χ1n) is 4.61. The van der Waals surface area contributed by atoms with E-state index in [1.165, 1.54) is 0 Å². The molecule has 1 rings (SSSR count). The zero-order valence-corrected chi connectivity index (χ0v) is 8.49. The quantitative estimate of drug-likeness (QED) is 0.696. The number of hydrogen-bond acceptors (Lipinski definition) is 3. The van der Waals surface area contributed by atoms with Crippen LogP contribution in [0.1, 0.15) is 31.0 Å². The highest BCUT2D eigenvalue weighted by Crippen LogP contribution is 2.22. The van der Waals surface area contributed by atoms with Crippen molar-refractivity contribution in [1.29, 1.82) is 5.26 Å². The summed E-state index contributed by atoms with van der Waals surface area (Å²) in [5.74, 6) is 0.363. The van der Waals surface area contributed by atoms with E-state index in [2.05, 4.69) is 13.8 Å². The van der Waals surface area contributed by atoms with Crippen molar-refractivity contribution >= 4 is 5.69 Å². The number of nitrogens with two attached hydrogens (primary N) is 2. The summed E-state index contributed by atoms with van der Waals surface area (Å²) in [4.78, 5) is 0. The van der Waals surface area contributed by atoms with Gasteiger partial charge in [-0.3, -0.25) is 0 Å². The Morgan fingerprint density at radius 2 is 2.00 bits per heavy atom. The molecule has 14 heavy (non-hydrogen) atoms. The molecule has 3 nitrogen and oxygen atoms in total. The van der Waals surface area contributed by atoms with Crippen molar-refractivity contribution in [3.8, 4) is 6.07 Å². The molecular formula is C11H15N3. The van der Waals surface area contributed by atoms with Crippen LogP contribution in [-0.4, -0.2) is 0 Å². The van der Waals surface area contributed by atoms with Gasteiger partial charge in [0, 0.05) is 11.7 Å². The standard InChI is InChI=1S/C11H15N3/c1-7(2)11(14)8-3-4-9(6-12)10(13)5-8/h3-5,7,11H,13-14H2,1-2H3/t11-/m1/s1. The molecule has 4 N–H and O–H groups in total. The summed E-state index contributed by atoms with van der Waals surface area (Å²) in [6.07, 6.45) is 0. The zero-order chi connectivity index (χ0) is 10.7. The fourth-order valence-electron chi connectivity index (χ4n) is 1.28. The summed E-state index contributed by atoms with van der Waals surface area (Å²) < 4.78 is 0. The second-order valence-electron chi connectivity index (χ2n) is 3.73. The van der Waals surface area contributed by atoms with E-state index in [0.717, 1.165) is 5.56 Å². The lowest BCUT2D eigenvalue weighted by molar-refractivity contribution is 0.514. The van der Waals surface area contributed by atoms with Crippen molar-refractivity contribution in [3.63, 3.8) is 0 Å². The molecule has 0 aromatic heterocycles. The van der Waals surface area contributed by atoms with Gasteiger partial charge in [-0.25, -0.2) is 0 Å². The zero-order valence-electron chi connectivity index (χ0n) is 8.49. The van der Waals surface area contributed by atoms with Crippen molar-refractivity contribution in [1.82, 2.24) is 0 Å². The molecule has 0 spiro atoms. The van der Waals surface area contributed by atoms with Crippen molar-refractivity contribution in [2.75, 3.05) is 5.73 Å². The Morgan fingerprint density at radius 3 is 2.43 bits per heavy atom. The van der Waals surface area contributed by atoms with Gasteiger partial charge in [0.15, 0.2) is 0 Å². The maximum absolute atomic E-state index is 8.70. The van der Waals surface area contributed by atoms with Gasteiger partial charge in [0.2, 0.25) is 0 Å². The van der Waals surface area contributed by atoms with Crippen LogP contribution in [0.4, 0.5) is 5.69 Å². The van der Waals surface area contributed by atoms with E-state index >= 15 is 0 Å². The maximum Gasteiger partial charge on any atom is 0.101 e. The van der Waals surface area contributed by atoms with Gasteiger partial charge in [-0.15, -0.1) is 0 Å². The van der Waals surface area contributed by atoms with Crippen LogP contribution in [0, 0.1) is 17.2 Å². The Bertz CT molecular complexity index is 363. The minimum absolute atomic E-state index is 0.0231. The van der Waals surface area contributed by atoms with Crippen molar-refractivity contribution in [3.05, 3.63) is 29.3 Å². The van der Waals surface area contributed by atoms with Crippen LogP contribution in [0.25, 0.3) is 0 Å². The molecule has 1 aromatic carbocycles. The average Bonchev–Trinajstić information content (AvgIpc) is 2.16. The maximum atomic E-state index is 8.70. The van der Waals surface area contributed by atoms with E-state index in [1.807, 2.05) is 12.1 Å². The average molecular weight is 189 g/mol. The summed E-state index contributed by atoms with van der Waals surface area (Å²) in [5.41, 5.74) is 13.6. The van der Waals surface area contributed by atoms with Gasteiger partial charge in [0.25, 0.3) is 0 Å². The van der Waals surface area contributed by atoms with E-state index in [1.54, 1.807) is 12.1 Å². The van der Waals surface area contributed by atoms with Crippen molar-refractivity contribution in [2.24, 2.45) is 11.7 Å². The number of benzene rings is 1. The number of rotatable bonds is 2. The Balaban J connectivity index is 3.04. The van der Waals surface area contributed by atoms with Gasteiger partial charge in [0.1, 0.15) is 6.07 Å². The number of nitrogens with zero attached hydrogens (tertiary/aromatic N) is 1. The third-order valence-corrected chi connectivity index (χ3v) is 2.30. The van der Waals surface area contributed by atoms with Crippen LogP contribution in [0.15, 0.2) is 18.2 Å². The Kier molecular flexibility index (Phi) is 3.10. The first-order valence-corrected chi connectivity index (χ1v) is 4.61. The van der Waals surface area contributed by atoms with Gasteiger partial charge >= 0.3 is 0 Å². The van der Waals surface area contributed by atoms with Gasteiger partial charge in [-0.2, -0.15) is 5.26 Å². The highest BCUT2D eigenvalue weighted by molar-refractivity contribution is 5.55. The van der Waals surface area contributed by atoms with E-state index in [-0.39, 0.29) is 6.04 Å². The largest absolute Gasteiger partial charge is 0.398 e. The van der Waals surface area contributed by atoms with Gasteiger partial charge < -0.3 is 11.5 Å². The lowest BCUT2D eigenvalue weighted by atomic mass is 9.96. The van der Waals surface area contributed by atoms with Crippen LogP contribution in [0.2, 0.25) is 0 Å². The molecule has 0 fully saturated rings. The molecule has 0 radical (unpaired) electrons. The van der Waals surface area contributed by atoms with Crippen molar-refractivity contribution in [2.45, 2.75) is 19.9 Å². The molecule has 1 atom stereocenters. The molecule has 0 unspecified atom stereocenters. The van der Waals surface area contributed by atoms with E-state index in [9.17, 15) is 0 Å². The molecular weight excluding hydrogens is 174 g/mol. The second kappa shape index (κ2) is 4.12. The summed E-state index contributed by atoms with van der Waals surface area (Å²) in [5, 5.41) is 8.70. The van der Waals surface area contributed by atoms with Crippen LogP contribution in [-0.2, 0) is 0 Å². The molecule has 0 saturated heterocycles. The normalized spacial score (nSPS) is 12.5. The van der Waals surface area contributed by atoms with Crippen LogP contribution in [0.3, 0.4) is 0 Å². The molecule has 0 aliphatic heterocycles. The van der Waals surface area contributed by atoms with Gasteiger partial charge in [-0.05, 0) is 23.6 Å². The minimum atomic E-state index is -0.0231. The monoisotopic (exact) mass is 189 g/mol. The molecule has 0 bridgehead atoms. The molecule has 0 saturated carbocycles. The van der Waals surface area contributed by atoms with E-state index < -0.39 is 0 Å². The predicted molar refractivity (Wildman–Crippen MR) is 57.3 cm³/mol. The summed E-state index contributed by atoms with van der Waals surface area (Å²) >= 11 is 0. The van der Waals surface area contributed by atoms with Crippen LogP contribution < -0.4 is 11.5 Å². The molecule has 0 aliphatic carbocycles. The summed E-state index contributed by atoms with van der Waals surface area (Å²) in [6.45, 7) is 4.11. The molecule has 0 amide bonds. The van der Waals surface area contributed by atoms with Crippen LogP contribution >= 0.6 is 0 Å². The summed E-state index contributed by atoms with van der Waals surface area (Å²) in [6, 6.07) is 7.36. The number of hydrogen-bond donors (Lipinski definition) is 2. The fraction of sp³-hybridized carbons (Fsp3) is 0.364. The Labute approximate surface area is 84.3 Å². The lowest BCUT2D eigenvalue weighted by Gasteiger charge is -2.16. The molecule has 0 heterocycles. The first kappa shape index (κ1) is 10.6. The minimum Gasteiger partial charge on any atom is -0.398 e. The van der Waals surface area contributed by atoms with Crippen molar-refractivity contribution < 1.29 is 0 Å². The third kappa shape index (κ3) is 2.04. The Hall–Kier alpha value is -1.53. The van der Waals surface area contributed by atoms with E-state index in [4.69, 9.17) is 16.7 Å². The summed E-state index contributed by atoms with van der Waals surface area (Å²) in [7, 11) is 0. The lowest BCUT2D eigenvalue weighted by Crippen LogP contribution is -2.16. The molecule has 1 aromatic rings. The fourth-order valence-corrected chi connectivity index (χ4v) is 1.28. The first-order chi connectivity index (χ1) is 6.56. The van der Waals surface area contributed by atoms with Gasteiger partial charge in [0.05, 0.1) is 5.56 Å². The highest BCUT2D eigenvalue weighted by Gasteiger charge is 2.11. The molecule has 74 valence electrons. The SMILES string of the molecule is CC(C)[C@@H](N)c1ccc(C#N)c(N)c1. The number of nitriles is 1.